The zero-order valence-corrected chi connectivity index (χ0v) is 24.0. The molecule has 0 amide bonds. The van der Waals surface area contributed by atoms with Gasteiger partial charge in [-0.2, -0.15) is 4.98 Å². The Morgan fingerprint density at radius 1 is 1.07 bits per heavy atom. The fourth-order valence-electron chi connectivity index (χ4n) is 4.43. The molecule has 0 spiro atoms. The number of ether oxygens (including phenoxy) is 2. The van der Waals surface area contributed by atoms with Gasteiger partial charge in [-0.15, -0.1) is 5.10 Å². The molecule has 1 N–H and O–H groups in total. The maximum atomic E-state index is 13.4. The minimum absolute atomic E-state index is 0.324. The second-order valence-corrected chi connectivity index (χ2v) is 10.8. The Morgan fingerprint density at radius 2 is 1.88 bits per heavy atom. The molecule has 40 heavy (non-hydrogen) atoms. The van der Waals surface area contributed by atoms with E-state index >= 15 is 0 Å². The van der Waals surface area contributed by atoms with E-state index in [1.165, 1.54) is 5.56 Å². The number of thioether (sulfide) groups is 1. The number of fused-ring (bicyclic) bond motifs is 1. The molecule has 1 atom stereocenters. The highest BCUT2D eigenvalue weighted by Gasteiger charge is 2.35. The van der Waals surface area contributed by atoms with Crippen LogP contribution in [0.4, 0.5) is 5.95 Å². The monoisotopic (exact) mass is 574 g/mol. The van der Waals surface area contributed by atoms with E-state index in [0.29, 0.717) is 46.4 Å². The Labute approximate surface area is 243 Å². The summed E-state index contributed by atoms with van der Waals surface area (Å²) in [5.74, 6) is 1.60. The number of nitrogens with one attached hydrogen (secondary N) is 1. The first-order valence-electron chi connectivity index (χ1n) is 13.3. The van der Waals surface area contributed by atoms with Crippen molar-refractivity contribution in [3.05, 3.63) is 112 Å². The molecule has 1 aromatic heterocycles. The molecular formula is C31H31ClN4O3S. The number of unbranched alkanes of at least 4 members (excludes halogenated alkanes) is 1. The fraction of sp³-hybridized carbons (Fsp3) is 0.258. The second kappa shape index (κ2) is 13.1. The van der Waals surface area contributed by atoms with Gasteiger partial charge < -0.3 is 14.8 Å². The molecule has 2 heterocycles. The van der Waals surface area contributed by atoms with Crippen LogP contribution >= 0.6 is 23.4 Å². The summed E-state index contributed by atoms with van der Waals surface area (Å²) in [6.07, 6.45) is 1.74. The number of hydrogen-bond acceptors (Lipinski definition) is 7. The van der Waals surface area contributed by atoms with Gasteiger partial charge in [-0.25, -0.2) is 9.48 Å². The number of carbonyl (C=O) groups is 1. The number of rotatable bonds is 11. The van der Waals surface area contributed by atoms with Gasteiger partial charge in [0.25, 0.3) is 0 Å². The van der Waals surface area contributed by atoms with Gasteiger partial charge in [-0.3, -0.25) is 0 Å². The van der Waals surface area contributed by atoms with Crippen LogP contribution in [0.1, 0.15) is 49.4 Å². The summed E-state index contributed by atoms with van der Waals surface area (Å²) < 4.78 is 13.5. The Kier molecular flexibility index (Phi) is 9.08. The van der Waals surface area contributed by atoms with E-state index in [2.05, 4.69) is 24.4 Å². The highest BCUT2D eigenvalue weighted by atomic mass is 35.5. The van der Waals surface area contributed by atoms with Crippen molar-refractivity contribution in [1.29, 1.82) is 0 Å². The van der Waals surface area contributed by atoms with Gasteiger partial charge >= 0.3 is 5.97 Å². The number of nitrogens with zero attached hydrogens (tertiary/aromatic N) is 3. The molecule has 3 aromatic carbocycles. The van der Waals surface area contributed by atoms with Crippen LogP contribution in [-0.2, 0) is 21.9 Å². The Hall–Kier alpha value is -3.75. The Balaban J connectivity index is 1.45. The lowest BCUT2D eigenvalue weighted by Gasteiger charge is -2.28. The highest BCUT2D eigenvalue weighted by Crippen LogP contribution is 2.38. The first-order valence-corrected chi connectivity index (χ1v) is 14.6. The molecular weight excluding hydrogens is 544 g/mol. The summed E-state index contributed by atoms with van der Waals surface area (Å²) >= 11 is 7.87. The topological polar surface area (TPSA) is 78.3 Å². The van der Waals surface area contributed by atoms with Gasteiger partial charge in [0.05, 0.1) is 12.2 Å². The van der Waals surface area contributed by atoms with Crippen molar-refractivity contribution in [1.82, 2.24) is 14.8 Å². The van der Waals surface area contributed by atoms with Crippen molar-refractivity contribution in [2.75, 3.05) is 11.9 Å². The van der Waals surface area contributed by atoms with E-state index in [9.17, 15) is 4.79 Å². The first kappa shape index (κ1) is 27.8. The third-order valence-corrected chi connectivity index (χ3v) is 7.80. The maximum absolute atomic E-state index is 13.4. The van der Waals surface area contributed by atoms with Crippen LogP contribution < -0.4 is 10.1 Å². The van der Waals surface area contributed by atoms with Crippen LogP contribution in [0.25, 0.3) is 0 Å². The molecule has 7 nitrogen and oxygen atoms in total. The zero-order chi connectivity index (χ0) is 27.9. The van der Waals surface area contributed by atoms with E-state index in [4.69, 9.17) is 31.2 Å². The molecule has 1 unspecified atom stereocenters. The van der Waals surface area contributed by atoms with Gasteiger partial charge in [0.15, 0.2) is 0 Å². The van der Waals surface area contributed by atoms with Gasteiger partial charge in [0, 0.05) is 22.0 Å². The second-order valence-electron chi connectivity index (χ2n) is 9.45. The van der Waals surface area contributed by atoms with Crippen LogP contribution in [0.3, 0.4) is 0 Å². The SMILES string of the molecule is CCCCOC(=O)C1=C(C)Nc2nc(SCc3ccccc3)nn2C1c1cccc(OCc2ccccc2Cl)c1. The average Bonchev–Trinajstić information content (AvgIpc) is 3.38. The van der Waals surface area contributed by atoms with Gasteiger partial charge in [-0.05, 0) is 42.7 Å². The summed E-state index contributed by atoms with van der Waals surface area (Å²) in [7, 11) is 0. The fourth-order valence-corrected chi connectivity index (χ4v) is 5.40. The number of hydrogen-bond donors (Lipinski definition) is 1. The van der Waals surface area contributed by atoms with Gasteiger partial charge in [0.1, 0.15) is 18.4 Å². The minimum atomic E-state index is -0.534. The Morgan fingerprint density at radius 3 is 2.67 bits per heavy atom. The third-order valence-electron chi connectivity index (χ3n) is 6.52. The number of benzene rings is 3. The van der Waals surface area contributed by atoms with Crippen molar-refractivity contribution in [2.45, 2.75) is 50.2 Å². The van der Waals surface area contributed by atoms with Crippen LogP contribution in [0.2, 0.25) is 5.02 Å². The molecule has 4 aromatic rings. The van der Waals surface area contributed by atoms with E-state index in [1.807, 2.05) is 73.7 Å². The molecule has 0 saturated heterocycles. The van der Waals surface area contributed by atoms with E-state index in [1.54, 1.807) is 16.4 Å². The molecule has 0 saturated carbocycles. The molecule has 0 radical (unpaired) electrons. The number of anilines is 1. The van der Waals surface area contributed by atoms with Crippen LogP contribution in [0, 0.1) is 0 Å². The summed E-state index contributed by atoms with van der Waals surface area (Å²) in [6, 6.07) is 25.0. The smallest absolute Gasteiger partial charge is 0.338 e. The van der Waals surface area contributed by atoms with Crippen molar-refractivity contribution in [2.24, 2.45) is 0 Å². The summed E-state index contributed by atoms with van der Waals surface area (Å²) in [6.45, 7) is 4.62. The lowest BCUT2D eigenvalue weighted by molar-refractivity contribution is -0.139. The number of carbonyl (C=O) groups excluding carboxylic acids is 1. The molecule has 0 bridgehead atoms. The van der Waals surface area contributed by atoms with E-state index in [-0.39, 0.29) is 5.97 Å². The Bertz CT molecular complexity index is 1510. The number of halogens is 1. The lowest BCUT2D eigenvalue weighted by Crippen LogP contribution is -2.29. The number of esters is 1. The molecule has 0 aliphatic carbocycles. The van der Waals surface area contributed by atoms with Crippen LogP contribution in [0.15, 0.2) is 95.3 Å². The van der Waals surface area contributed by atoms with Gasteiger partial charge in [0.2, 0.25) is 11.1 Å². The largest absolute Gasteiger partial charge is 0.489 e. The molecule has 206 valence electrons. The van der Waals surface area contributed by atoms with E-state index in [0.717, 1.165) is 29.7 Å². The minimum Gasteiger partial charge on any atom is -0.489 e. The van der Waals surface area contributed by atoms with Crippen molar-refractivity contribution >= 4 is 35.3 Å². The van der Waals surface area contributed by atoms with Crippen LogP contribution in [0.5, 0.6) is 5.75 Å². The third kappa shape index (κ3) is 6.51. The predicted molar refractivity (Wildman–Crippen MR) is 159 cm³/mol. The average molecular weight is 575 g/mol. The summed E-state index contributed by atoms with van der Waals surface area (Å²) in [4.78, 5) is 18.1. The zero-order valence-electron chi connectivity index (χ0n) is 22.5. The molecule has 1 aliphatic heterocycles. The predicted octanol–water partition coefficient (Wildman–Crippen LogP) is 7.44. The van der Waals surface area contributed by atoms with Crippen molar-refractivity contribution in [3.8, 4) is 5.75 Å². The normalized spacial score (nSPS) is 14.4. The standard InChI is InChI=1S/C31H31ClN4O3S/c1-3-4-17-38-29(37)27-21(2)33-30-34-31(40-20-22-11-6-5-7-12-22)35-36(30)28(27)23-14-10-15-25(18-23)39-19-24-13-8-9-16-26(24)32/h5-16,18,28H,3-4,17,19-20H2,1-2H3,(H,33,34,35). The summed E-state index contributed by atoms with van der Waals surface area (Å²) in [5.41, 5.74) is 4.10. The van der Waals surface area contributed by atoms with Crippen molar-refractivity contribution < 1.29 is 14.3 Å². The van der Waals surface area contributed by atoms with Gasteiger partial charge in [-0.1, -0.05) is 97.4 Å². The first-order chi connectivity index (χ1) is 19.5. The molecule has 5 rings (SSSR count). The van der Waals surface area contributed by atoms with Crippen molar-refractivity contribution in [3.63, 3.8) is 0 Å². The summed E-state index contributed by atoms with van der Waals surface area (Å²) in [5, 5.41) is 9.38. The maximum Gasteiger partial charge on any atom is 0.338 e. The van der Waals surface area contributed by atoms with E-state index < -0.39 is 6.04 Å². The molecule has 1 aliphatic rings. The molecule has 9 heteroatoms. The quantitative estimate of drug-likeness (QED) is 0.113. The van der Waals surface area contributed by atoms with Crippen LogP contribution in [-0.4, -0.2) is 27.3 Å². The number of aromatic nitrogens is 3. The lowest BCUT2D eigenvalue weighted by atomic mass is 9.95. The molecule has 0 fully saturated rings. The highest BCUT2D eigenvalue weighted by molar-refractivity contribution is 7.98. The number of allylic oxidation sites excluding steroid dienone is 1.